The number of hydrogen-bond acceptors (Lipinski definition) is 14. The van der Waals surface area contributed by atoms with Gasteiger partial charge in [-0.05, 0) is 31.2 Å². The number of methoxy groups -OCH3 is 1. The lowest BCUT2D eigenvalue weighted by Gasteiger charge is -2.31. The lowest BCUT2D eigenvalue weighted by atomic mass is 9.95. The monoisotopic (exact) mass is 727 g/mol. The summed E-state index contributed by atoms with van der Waals surface area (Å²) < 4.78 is 50.3. The lowest BCUT2D eigenvalue weighted by molar-refractivity contribution is -0.173. The maximum Gasteiger partial charge on any atom is 0.459 e. The van der Waals surface area contributed by atoms with E-state index in [1.54, 1.807) is 83.4 Å². The zero-order chi connectivity index (χ0) is 37.5. The van der Waals surface area contributed by atoms with Crippen LogP contribution in [0.25, 0.3) is 5.52 Å². The molecule has 2 aromatic heterocycles. The summed E-state index contributed by atoms with van der Waals surface area (Å²) >= 11 is 0. The number of aromatic nitrogens is 3. The molecule has 1 aromatic carbocycles. The quantitative estimate of drug-likeness (QED) is 0.0778. The first-order valence-electron chi connectivity index (χ1n) is 16.0. The maximum atomic E-state index is 14.3. The van der Waals surface area contributed by atoms with Crippen LogP contribution in [0.4, 0.5) is 5.82 Å². The summed E-state index contributed by atoms with van der Waals surface area (Å²) in [5, 5.41) is 17.7. The van der Waals surface area contributed by atoms with Crippen molar-refractivity contribution >= 4 is 43.3 Å². The van der Waals surface area contributed by atoms with Gasteiger partial charge in [-0.1, -0.05) is 45.9 Å². The normalized spacial score (nSPS) is 22.0. The predicted octanol–water partition coefficient (Wildman–Crippen LogP) is 3.77. The number of nitrogens with zero attached hydrogens (tertiary/aromatic N) is 6. The van der Waals surface area contributed by atoms with E-state index >= 15 is 0 Å². The van der Waals surface area contributed by atoms with Gasteiger partial charge in [0.25, 0.3) is 0 Å². The van der Waals surface area contributed by atoms with Crippen molar-refractivity contribution < 1.29 is 46.9 Å². The topological polar surface area (TPSA) is 205 Å². The van der Waals surface area contributed by atoms with Gasteiger partial charge in [-0.15, -0.1) is 0 Å². The van der Waals surface area contributed by atoms with Gasteiger partial charge in [-0.3, -0.25) is 18.9 Å². The Hall–Kier alpha value is -4.88. The van der Waals surface area contributed by atoms with Crippen LogP contribution in [0.2, 0.25) is 0 Å². The summed E-state index contributed by atoms with van der Waals surface area (Å²) in [6.45, 7) is 6.92. The molecule has 17 nitrogen and oxygen atoms in total. The second-order valence-corrected chi connectivity index (χ2v) is 14.2. The van der Waals surface area contributed by atoms with Gasteiger partial charge in [0.05, 0.1) is 31.0 Å². The first-order valence-corrected chi connectivity index (χ1v) is 17.6. The highest BCUT2D eigenvalue weighted by molar-refractivity contribution is 7.52. The van der Waals surface area contributed by atoms with Crippen LogP contribution in [0.1, 0.15) is 46.4 Å². The fourth-order valence-electron chi connectivity index (χ4n) is 4.85. The van der Waals surface area contributed by atoms with Gasteiger partial charge in [0.15, 0.2) is 18.0 Å². The Kier molecular flexibility index (Phi) is 12.5. The molecule has 18 heteroatoms. The molecule has 1 aliphatic heterocycles. The highest BCUT2D eigenvalue weighted by atomic mass is 31.2. The standard InChI is InChI=1S/C33H42N7O10P/c1-20(2)30(41)47-27-26(24-14-15-25-29(36-19-39(6)7)35-18-37-40(24)25)49-33(16-34,28(27)48-31(42)21(3)4)17-46-51(44,38-22(5)32(43)45-8)50-23-12-10-9-11-13-23/h9-15,18-22,26-28H,17H2,1-8H3,(H,38,44)/t22-,26-,27-,28-,33+,51?/m0/s1. The van der Waals surface area contributed by atoms with E-state index in [1.165, 1.54) is 29.9 Å². The van der Waals surface area contributed by atoms with Crippen LogP contribution in [-0.4, -0.2) is 95.4 Å². The molecule has 0 bridgehead atoms. The molecule has 1 unspecified atom stereocenters. The summed E-state index contributed by atoms with van der Waals surface area (Å²) in [5.41, 5.74) is -1.52. The number of carbonyl (C=O) groups excluding carboxylic acids is 3. The summed E-state index contributed by atoms with van der Waals surface area (Å²) in [5.74, 6) is -3.06. The van der Waals surface area contributed by atoms with E-state index < -0.39 is 74.1 Å². The third-order valence-electron chi connectivity index (χ3n) is 7.51. The van der Waals surface area contributed by atoms with Gasteiger partial charge in [-0.2, -0.15) is 15.4 Å². The number of nitrogens with one attached hydrogen (secondary N) is 1. The molecular formula is C33H42N7O10P. The highest BCUT2D eigenvalue weighted by Crippen LogP contribution is 2.50. The predicted molar refractivity (Wildman–Crippen MR) is 182 cm³/mol. The minimum atomic E-state index is -4.53. The summed E-state index contributed by atoms with van der Waals surface area (Å²) in [6, 6.07) is 12.1. The molecule has 1 N–H and O–H groups in total. The van der Waals surface area contributed by atoms with Gasteiger partial charge in [0.1, 0.15) is 42.4 Å². The molecule has 0 saturated carbocycles. The van der Waals surface area contributed by atoms with Crippen molar-refractivity contribution in [3.8, 4) is 11.8 Å². The zero-order valence-corrected chi connectivity index (χ0v) is 30.5. The molecular weight excluding hydrogens is 685 g/mol. The van der Waals surface area contributed by atoms with E-state index in [-0.39, 0.29) is 5.75 Å². The van der Waals surface area contributed by atoms with E-state index in [9.17, 15) is 24.2 Å². The highest BCUT2D eigenvalue weighted by Gasteiger charge is 2.62. The fourth-order valence-corrected chi connectivity index (χ4v) is 6.37. The summed E-state index contributed by atoms with van der Waals surface area (Å²) in [6.07, 6.45) is -1.51. The van der Waals surface area contributed by atoms with Crippen LogP contribution >= 0.6 is 7.75 Å². The number of esters is 3. The van der Waals surface area contributed by atoms with Gasteiger partial charge in [-0.25, -0.2) is 19.1 Å². The van der Waals surface area contributed by atoms with Crippen molar-refractivity contribution in [1.29, 1.82) is 5.26 Å². The van der Waals surface area contributed by atoms with Gasteiger partial charge >= 0.3 is 25.7 Å². The molecule has 4 rings (SSSR count). The summed E-state index contributed by atoms with van der Waals surface area (Å²) in [7, 11) is 0.211. The number of benzene rings is 1. The molecule has 1 aliphatic rings. The van der Waals surface area contributed by atoms with E-state index in [1.807, 2.05) is 6.07 Å². The average Bonchev–Trinajstić information content (AvgIpc) is 3.65. The second kappa shape index (κ2) is 16.4. The fraction of sp³-hybridized carbons (Fsp3) is 0.485. The van der Waals surface area contributed by atoms with E-state index in [0.29, 0.717) is 17.0 Å². The van der Waals surface area contributed by atoms with Crippen LogP contribution in [-0.2, 0) is 42.4 Å². The minimum absolute atomic E-state index is 0.111. The Bertz CT molecular complexity index is 1830. The van der Waals surface area contributed by atoms with Crippen molar-refractivity contribution in [2.75, 3.05) is 27.8 Å². The molecule has 0 aliphatic carbocycles. The average molecular weight is 728 g/mol. The first-order chi connectivity index (χ1) is 24.1. The number of rotatable bonds is 15. The Morgan fingerprint density at radius 3 is 2.35 bits per heavy atom. The molecule has 51 heavy (non-hydrogen) atoms. The van der Waals surface area contributed by atoms with Crippen molar-refractivity contribution in [3.63, 3.8) is 0 Å². The zero-order valence-electron chi connectivity index (χ0n) is 29.6. The minimum Gasteiger partial charge on any atom is -0.468 e. The van der Waals surface area contributed by atoms with Gasteiger partial charge < -0.3 is 28.4 Å². The molecule has 3 heterocycles. The van der Waals surface area contributed by atoms with Crippen molar-refractivity contribution in [3.05, 3.63) is 54.5 Å². The van der Waals surface area contributed by atoms with Crippen molar-refractivity contribution in [1.82, 2.24) is 24.6 Å². The lowest BCUT2D eigenvalue weighted by Crippen LogP contribution is -2.50. The number of para-hydroxylation sites is 1. The molecule has 3 aromatic rings. The largest absolute Gasteiger partial charge is 0.468 e. The number of aliphatic imine (C=N–C) groups is 1. The maximum absolute atomic E-state index is 14.3. The number of carbonyl (C=O) groups is 3. The molecule has 0 radical (unpaired) electrons. The Morgan fingerprint density at radius 1 is 1.08 bits per heavy atom. The van der Waals surface area contributed by atoms with Crippen LogP contribution in [0.5, 0.6) is 5.75 Å². The third-order valence-corrected chi connectivity index (χ3v) is 9.13. The van der Waals surface area contributed by atoms with Gasteiger partial charge in [0.2, 0.25) is 5.60 Å². The van der Waals surface area contributed by atoms with Crippen molar-refractivity contribution in [2.24, 2.45) is 16.8 Å². The van der Waals surface area contributed by atoms with Crippen LogP contribution in [0, 0.1) is 23.2 Å². The van der Waals surface area contributed by atoms with Crippen LogP contribution < -0.4 is 9.61 Å². The molecule has 1 saturated heterocycles. The number of fused-ring (bicyclic) bond motifs is 1. The SMILES string of the molecule is COC(=O)[C@H](C)NP(=O)(OC[C@@]1(C#N)O[C@@H](c2ccc3c(N=CN(C)C)ncnn23)[C@H](OC(=O)C(C)C)[C@@H]1OC(=O)C(C)C)Oc1ccccc1. The molecule has 0 amide bonds. The van der Waals surface area contributed by atoms with Crippen LogP contribution in [0.3, 0.4) is 0 Å². The van der Waals surface area contributed by atoms with E-state index in [0.717, 1.165) is 7.11 Å². The molecule has 0 spiro atoms. The van der Waals surface area contributed by atoms with Crippen molar-refractivity contribution in [2.45, 2.75) is 64.6 Å². The Balaban J connectivity index is 1.84. The second-order valence-electron chi connectivity index (χ2n) is 12.5. The number of ether oxygens (including phenoxy) is 4. The Labute approximate surface area is 295 Å². The first kappa shape index (κ1) is 38.9. The van der Waals surface area contributed by atoms with E-state index in [2.05, 4.69) is 20.2 Å². The summed E-state index contributed by atoms with van der Waals surface area (Å²) in [4.78, 5) is 49.0. The smallest absolute Gasteiger partial charge is 0.459 e. The number of nitriles is 1. The Morgan fingerprint density at radius 2 is 1.75 bits per heavy atom. The van der Waals surface area contributed by atoms with E-state index in [4.69, 9.17) is 28.0 Å². The molecule has 274 valence electrons. The van der Waals surface area contributed by atoms with Gasteiger partial charge in [0, 0.05) is 14.1 Å². The van der Waals surface area contributed by atoms with Crippen LogP contribution in [0.15, 0.2) is 53.8 Å². The molecule has 6 atom stereocenters. The number of hydrogen-bond donors (Lipinski definition) is 1. The molecule has 1 fully saturated rings. The third kappa shape index (κ3) is 9.08.